The van der Waals surface area contributed by atoms with E-state index in [1.807, 2.05) is 17.5 Å². The van der Waals surface area contributed by atoms with Gasteiger partial charge in [0.25, 0.3) is 5.91 Å². The number of hydrogen-bond acceptors (Lipinski definition) is 4. The van der Waals surface area contributed by atoms with Crippen LogP contribution in [0.2, 0.25) is 0 Å². The first kappa shape index (κ1) is 17.6. The molecule has 4 nitrogen and oxygen atoms in total. The molecule has 2 aliphatic heterocycles. The lowest BCUT2D eigenvalue weighted by molar-refractivity contribution is 0.0928. The first-order valence-corrected chi connectivity index (χ1v) is 10.5. The molecule has 0 bridgehead atoms. The molecule has 1 atom stereocenters. The number of benzene rings is 1. The molecule has 1 fully saturated rings. The van der Waals surface area contributed by atoms with E-state index < -0.39 is 0 Å². The highest BCUT2D eigenvalue weighted by Gasteiger charge is 2.25. The number of carbonyl (C=O) groups is 1. The van der Waals surface area contributed by atoms with Gasteiger partial charge < -0.3 is 10.2 Å². The smallest absolute Gasteiger partial charge is 0.261 e. The third-order valence-corrected chi connectivity index (χ3v) is 6.52. The molecule has 2 aromatic rings. The van der Waals surface area contributed by atoms with Crippen LogP contribution in [0.5, 0.6) is 0 Å². The first-order chi connectivity index (χ1) is 12.7. The van der Waals surface area contributed by atoms with Gasteiger partial charge in [-0.1, -0.05) is 24.6 Å². The highest BCUT2D eigenvalue weighted by Crippen LogP contribution is 2.32. The maximum Gasteiger partial charge on any atom is 0.261 e. The molecule has 3 heterocycles. The van der Waals surface area contributed by atoms with Gasteiger partial charge in [0.15, 0.2) is 0 Å². The quantitative estimate of drug-likeness (QED) is 0.873. The summed E-state index contributed by atoms with van der Waals surface area (Å²) in [7, 11) is 2.16. The summed E-state index contributed by atoms with van der Waals surface area (Å²) < 4.78 is 0. The Hall–Kier alpha value is -1.85. The standard InChI is InChI=1S/C21H27N3OS/c1-23-12-9-17-14-16(7-8-18(17)23)19(24-10-3-2-4-11-24)15-22-21(25)20-6-5-13-26-20/h5-8,13-14,19H,2-4,9-12,15H2,1H3,(H,22,25)/t19-/m0/s1. The molecule has 1 amide bonds. The lowest BCUT2D eigenvalue weighted by Gasteiger charge is -2.35. The van der Waals surface area contributed by atoms with Crippen LogP contribution in [-0.2, 0) is 6.42 Å². The van der Waals surface area contributed by atoms with Gasteiger partial charge in [0, 0.05) is 25.8 Å². The summed E-state index contributed by atoms with van der Waals surface area (Å²) in [4.78, 5) is 18.1. The maximum absolute atomic E-state index is 12.4. The van der Waals surface area contributed by atoms with Crippen LogP contribution in [0.25, 0.3) is 0 Å². The van der Waals surface area contributed by atoms with Crippen molar-refractivity contribution in [2.45, 2.75) is 31.7 Å². The fraction of sp³-hybridized carbons (Fsp3) is 0.476. The van der Waals surface area contributed by atoms with E-state index >= 15 is 0 Å². The number of piperidine rings is 1. The zero-order valence-electron chi connectivity index (χ0n) is 15.4. The van der Waals surface area contributed by atoms with Crippen LogP contribution < -0.4 is 10.2 Å². The van der Waals surface area contributed by atoms with E-state index in [9.17, 15) is 4.79 Å². The van der Waals surface area contributed by atoms with Crippen molar-refractivity contribution < 1.29 is 4.79 Å². The largest absolute Gasteiger partial charge is 0.374 e. The number of likely N-dealkylation sites (tertiary alicyclic amines) is 1. The monoisotopic (exact) mass is 369 g/mol. The molecule has 0 radical (unpaired) electrons. The van der Waals surface area contributed by atoms with E-state index in [-0.39, 0.29) is 11.9 Å². The van der Waals surface area contributed by atoms with Crippen LogP contribution in [0.3, 0.4) is 0 Å². The minimum Gasteiger partial charge on any atom is -0.374 e. The molecule has 1 aromatic carbocycles. The maximum atomic E-state index is 12.4. The predicted molar refractivity (Wildman–Crippen MR) is 108 cm³/mol. The first-order valence-electron chi connectivity index (χ1n) is 9.62. The van der Waals surface area contributed by atoms with E-state index in [1.165, 1.54) is 47.4 Å². The van der Waals surface area contributed by atoms with Crippen LogP contribution in [0, 0.1) is 0 Å². The molecule has 0 spiro atoms. The topological polar surface area (TPSA) is 35.6 Å². The molecule has 1 aromatic heterocycles. The molecule has 26 heavy (non-hydrogen) atoms. The summed E-state index contributed by atoms with van der Waals surface area (Å²) in [6, 6.07) is 11.0. The number of fused-ring (bicyclic) bond motifs is 1. The lowest BCUT2D eigenvalue weighted by Crippen LogP contribution is -2.40. The number of nitrogens with one attached hydrogen (secondary N) is 1. The van der Waals surface area contributed by atoms with Crippen molar-refractivity contribution in [1.29, 1.82) is 0 Å². The van der Waals surface area contributed by atoms with Gasteiger partial charge in [-0.15, -0.1) is 11.3 Å². The van der Waals surface area contributed by atoms with Crippen molar-refractivity contribution in [3.05, 3.63) is 51.7 Å². The van der Waals surface area contributed by atoms with Crippen LogP contribution >= 0.6 is 11.3 Å². The van der Waals surface area contributed by atoms with Gasteiger partial charge in [-0.3, -0.25) is 9.69 Å². The summed E-state index contributed by atoms with van der Waals surface area (Å²) >= 11 is 1.50. The molecule has 4 rings (SSSR count). The molecule has 0 unspecified atom stereocenters. The van der Waals surface area contributed by atoms with Crippen molar-refractivity contribution in [3.8, 4) is 0 Å². The Morgan fingerprint density at radius 3 is 2.81 bits per heavy atom. The van der Waals surface area contributed by atoms with Gasteiger partial charge in [0.2, 0.25) is 0 Å². The number of anilines is 1. The molecule has 1 saturated heterocycles. The van der Waals surface area contributed by atoms with Crippen LogP contribution in [-0.4, -0.2) is 44.0 Å². The van der Waals surface area contributed by atoms with E-state index in [1.54, 1.807) is 0 Å². The molecule has 0 saturated carbocycles. The second-order valence-corrected chi connectivity index (χ2v) is 8.31. The molecule has 138 valence electrons. The normalized spacial score (nSPS) is 18.6. The van der Waals surface area contributed by atoms with Crippen molar-refractivity contribution in [3.63, 3.8) is 0 Å². The average Bonchev–Trinajstić information content (AvgIpc) is 3.33. The number of likely N-dealkylation sites (N-methyl/N-ethyl adjacent to an activating group) is 1. The van der Waals surface area contributed by atoms with Gasteiger partial charge in [-0.05, 0) is 61.0 Å². The SMILES string of the molecule is CN1CCc2cc([C@H](CNC(=O)c3cccs3)N3CCCCC3)ccc21. The third-order valence-electron chi connectivity index (χ3n) is 5.65. The summed E-state index contributed by atoms with van der Waals surface area (Å²) in [5.74, 6) is 0.0444. The Morgan fingerprint density at radius 1 is 1.19 bits per heavy atom. The Bertz CT molecular complexity index is 753. The van der Waals surface area contributed by atoms with Crippen molar-refractivity contribution >= 4 is 22.9 Å². The van der Waals surface area contributed by atoms with Crippen LogP contribution in [0.4, 0.5) is 5.69 Å². The molecule has 2 aliphatic rings. The molecular formula is C21H27N3OS. The summed E-state index contributed by atoms with van der Waals surface area (Å²) in [6.45, 7) is 4.01. The van der Waals surface area contributed by atoms with Gasteiger partial charge in [-0.25, -0.2) is 0 Å². The van der Waals surface area contributed by atoms with E-state index in [0.29, 0.717) is 6.54 Å². The molecular weight excluding hydrogens is 342 g/mol. The zero-order valence-corrected chi connectivity index (χ0v) is 16.2. The number of carbonyl (C=O) groups excluding carboxylic acids is 1. The average molecular weight is 370 g/mol. The van der Waals surface area contributed by atoms with Gasteiger partial charge >= 0.3 is 0 Å². The van der Waals surface area contributed by atoms with Crippen LogP contribution in [0.15, 0.2) is 35.7 Å². The van der Waals surface area contributed by atoms with Gasteiger partial charge in [0.1, 0.15) is 0 Å². The predicted octanol–water partition coefficient (Wildman–Crippen LogP) is 3.70. The fourth-order valence-electron chi connectivity index (χ4n) is 4.17. The summed E-state index contributed by atoms with van der Waals surface area (Å²) in [6.07, 6.45) is 4.94. The number of thiophene rings is 1. The van der Waals surface area contributed by atoms with E-state index in [0.717, 1.165) is 30.9 Å². The van der Waals surface area contributed by atoms with E-state index in [4.69, 9.17) is 0 Å². The zero-order chi connectivity index (χ0) is 17.9. The Kier molecular flexibility index (Phi) is 5.27. The third kappa shape index (κ3) is 3.64. The van der Waals surface area contributed by atoms with Gasteiger partial charge in [-0.2, -0.15) is 0 Å². The van der Waals surface area contributed by atoms with Crippen LogP contribution in [0.1, 0.15) is 46.1 Å². The minimum absolute atomic E-state index is 0.0444. The van der Waals surface area contributed by atoms with Crippen molar-refractivity contribution in [2.24, 2.45) is 0 Å². The second-order valence-electron chi connectivity index (χ2n) is 7.36. The summed E-state index contributed by atoms with van der Waals surface area (Å²) in [5.41, 5.74) is 4.14. The molecule has 5 heteroatoms. The highest BCUT2D eigenvalue weighted by atomic mass is 32.1. The van der Waals surface area contributed by atoms with Crippen molar-refractivity contribution in [2.75, 3.05) is 38.1 Å². The highest BCUT2D eigenvalue weighted by molar-refractivity contribution is 7.12. The number of rotatable bonds is 5. The van der Waals surface area contributed by atoms with E-state index in [2.05, 4.69) is 40.4 Å². The van der Waals surface area contributed by atoms with Gasteiger partial charge in [0.05, 0.1) is 10.9 Å². The molecule has 0 aliphatic carbocycles. The fourth-order valence-corrected chi connectivity index (χ4v) is 4.81. The second kappa shape index (κ2) is 7.80. The Balaban J connectivity index is 1.54. The Morgan fingerprint density at radius 2 is 2.04 bits per heavy atom. The lowest BCUT2D eigenvalue weighted by atomic mass is 9.98. The molecule has 1 N–H and O–H groups in total. The van der Waals surface area contributed by atoms with Crippen molar-refractivity contribution in [1.82, 2.24) is 10.2 Å². The summed E-state index contributed by atoms with van der Waals surface area (Å²) in [5, 5.41) is 5.13. The minimum atomic E-state index is 0.0444. The number of amides is 1. The number of hydrogen-bond donors (Lipinski definition) is 1. The number of nitrogens with zero attached hydrogens (tertiary/aromatic N) is 2. The Labute approximate surface area is 159 Å².